The highest BCUT2D eigenvalue weighted by Crippen LogP contribution is 2.15. The van der Waals surface area contributed by atoms with Crippen LogP contribution in [-0.4, -0.2) is 24.7 Å². The van der Waals surface area contributed by atoms with Crippen molar-refractivity contribution in [3.8, 4) is 0 Å². The fourth-order valence-electron chi connectivity index (χ4n) is 3.07. The number of rotatable bonds is 7. The first-order chi connectivity index (χ1) is 12.1. The lowest BCUT2D eigenvalue weighted by molar-refractivity contribution is 0.380. The van der Waals surface area contributed by atoms with Crippen molar-refractivity contribution in [2.75, 3.05) is 13.6 Å². The second-order valence-electron chi connectivity index (χ2n) is 6.34. The van der Waals surface area contributed by atoms with Crippen LogP contribution >= 0.6 is 24.0 Å². The molecule has 0 atom stereocenters. The van der Waals surface area contributed by atoms with Gasteiger partial charge in [-0.1, -0.05) is 48.3 Å². The van der Waals surface area contributed by atoms with Crippen LogP contribution in [0, 0.1) is 13.8 Å². The summed E-state index contributed by atoms with van der Waals surface area (Å²) in [6.07, 6.45) is 2.69. The summed E-state index contributed by atoms with van der Waals surface area (Å²) < 4.78 is 5.41. The predicted molar refractivity (Wildman–Crippen MR) is 118 cm³/mol. The van der Waals surface area contributed by atoms with Gasteiger partial charge >= 0.3 is 0 Å². The average Bonchev–Trinajstić information content (AvgIpc) is 2.99. The molecule has 1 aromatic heterocycles. The van der Waals surface area contributed by atoms with Crippen LogP contribution < -0.4 is 10.6 Å². The largest absolute Gasteiger partial charge is 0.361 e. The second-order valence-corrected chi connectivity index (χ2v) is 6.34. The number of nitrogens with one attached hydrogen (secondary N) is 2. The van der Waals surface area contributed by atoms with E-state index in [0.29, 0.717) is 6.54 Å². The van der Waals surface area contributed by atoms with E-state index in [1.54, 1.807) is 7.05 Å². The van der Waals surface area contributed by atoms with E-state index < -0.39 is 0 Å². The van der Waals surface area contributed by atoms with Gasteiger partial charge in [0.15, 0.2) is 5.96 Å². The Hall–Kier alpha value is -1.57. The van der Waals surface area contributed by atoms with Gasteiger partial charge in [-0.2, -0.15) is 0 Å². The van der Waals surface area contributed by atoms with Crippen LogP contribution in [0.2, 0.25) is 0 Å². The monoisotopic (exact) mass is 470 g/mol. The minimum Gasteiger partial charge on any atom is -0.361 e. The average molecular weight is 470 g/mol. The van der Waals surface area contributed by atoms with E-state index in [2.05, 4.69) is 66.7 Å². The van der Waals surface area contributed by atoms with Gasteiger partial charge in [-0.3, -0.25) is 4.99 Å². The molecule has 0 radical (unpaired) electrons. The third-order valence-electron chi connectivity index (χ3n) is 4.25. The highest BCUT2D eigenvalue weighted by molar-refractivity contribution is 14.0. The summed E-state index contributed by atoms with van der Waals surface area (Å²) in [7, 11) is 1.79. The molecule has 0 saturated carbocycles. The number of aliphatic imine (C=N–C) groups is 1. The molecule has 5 nitrogen and oxygen atoms in total. The van der Waals surface area contributed by atoms with Crippen molar-refractivity contribution >= 4 is 29.9 Å². The lowest BCUT2D eigenvalue weighted by Gasteiger charge is -2.12. The van der Waals surface area contributed by atoms with Crippen LogP contribution in [0.4, 0.5) is 0 Å². The van der Waals surface area contributed by atoms with Gasteiger partial charge in [0.25, 0.3) is 0 Å². The Labute approximate surface area is 174 Å². The number of nitrogens with zero attached hydrogens (tertiary/aromatic N) is 2. The standard InChI is InChI=1S/C20H30N4O.HI/c1-6-18-17(19(7-2)25-24-18)13-23-20(21-5)22-9-8-16-11-14(3)10-15(4)12-16;/h10-12H,6-9,13H2,1-5H3,(H2,21,22,23);1H. The SMILES string of the molecule is CCc1noc(CC)c1CNC(=NC)NCCc1cc(C)cc(C)c1.I. The summed E-state index contributed by atoms with van der Waals surface area (Å²) in [5, 5.41) is 10.9. The number of halogens is 1. The molecular weight excluding hydrogens is 439 g/mol. The molecule has 2 aromatic rings. The highest BCUT2D eigenvalue weighted by atomic mass is 127. The zero-order valence-electron chi connectivity index (χ0n) is 16.5. The molecule has 0 saturated heterocycles. The van der Waals surface area contributed by atoms with Crippen molar-refractivity contribution in [1.82, 2.24) is 15.8 Å². The van der Waals surface area contributed by atoms with Crippen molar-refractivity contribution in [1.29, 1.82) is 0 Å². The summed E-state index contributed by atoms with van der Waals surface area (Å²) in [6.45, 7) is 9.98. The maximum absolute atomic E-state index is 5.41. The molecule has 0 amide bonds. The molecule has 0 unspecified atom stereocenters. The summed E-state index contributed by atoms with van der Waals surface area (Å²) >= 11 is 0. The van der Waals surface area contributed by atoms with Gasteiger partial charge in [-0.25, -0.2) is 0 Å². The minimum absolute atomic E-state index is 0. The van der Waals surface area contributed by atoms with Crippen molar-refractivity contribution in [3.63, 3.8) is 0 Å². The number of benzene rings is 1. The Morgan fingerprint density at radius 1 is 1.08 bits per heavy atom. The van der Waals surface area contributed by atoms with E-state index in [1.807, 2.05) is 0 Å². The number of aromatic nitrogens is 1. The Morgan fingerprint density at radius 2 is 1.77 bits per heavy atom. The number of hydrogen-bond acceptors (Lipinski definition) is 3. The van der Waals surface area contributed by atoms with Gasteiger partial charge in [0.05, 0.1) is 5.69 Å². The van der Waals surface area contributed by atoms with E-state index in [1.165, 1.54) is 16.7 Å². The van der Waals surface area contributed by atoms with Crippen LogP contribution in [0.5, 0.6) is 0 Å². The van der Waals surface area contributed by atoms with E-state index >= 15 is 0 Å². The van der Waals surface area contributed by atoms with Gasteiger partial charge in [-0.05, 0) is 32.3 Å². The second kappa shape index (κ2) is 11.2. The maximum Gasteiger partial charge on any atom is 0.191 e. The Bertz CT molecular complexity index is 683. The fourth-order valence-corrected chi connectivity index (χ4v) is 3.07. The number of aryl methyl sites for hydroxylation is 4. The van der Waals surface area contributed by atoms with Gasteiger partial charge in [0.2, 0.25) is 0 Å². The maximum atomic E-state index is 5.41. The molecule has 0 aliphatic rings. The Morgan fingerprint density at radius 3 is 2.35 bits per heavy atom. The Kier molecular flexibility index (Phi) is 9.69. The van der Waals surface area contributed by atoms with Gasteiger partial charge < -0.3 is 15.2 Å². The molecule has 2 rings (SSSR count). The highest BCUT2D eigenvalue weighted by Gasteiger charge is 2.13. The summed E-state index contributed by atoms with van der Waals surface area (Å²) in [6, 6.07) is 6.68. The third-order valence-corrected chi connectivity index (χ3v) is 4.25. The van der Waals surface area contributed by atoms with E-state index in [4.69, 9.17) is 4.52 Å². The van der Waals surface area contributed by atoms with Gasteiger partial charge in [0.1, 0.15) is 5.76 Å². The van der Waals surface area contributed by atoms with Crippen LogP contribution in [0.25, 0.3) is 0 Å². The van der Waals surface area contributed by atoms with Crippen LogP contribution in [0.3, 0.4) is 0 Å². The van der Waals surface area contributed by atoms with Crippen LogP contribution in [0.1, 0.15) is 47.6 Å². The molecule has 0 fully saturated rings. The normalized spacial score (nSPS) is 11.2. The lowest BCUT2D eigenvalue weighted by atomic mass is 10.1. The molecule has 0 spiro atoms. The minimum atomic E-state index is 0. The van der Waals surface area contributed by atoms with Crippen molar-refractivity contribution < 1.29 is 4.52 Å². The molecule has 144 valence electrons. The molecule has 2 N–H and O–H groups in total. The third kappa shape index (κ3) is 6.30. The van der Waals surface area contributed by atoms with E-state index in [-0.39, 0.29) is 24.0 Å². The predicted octanol–water partition coefficient (Wildman–Crippen LogP) is 3.94. The zero-order chi connectivity index (χ0) is 18.2. The summed E-state index contributed by atoms with van der Waals surface area (Å²) in [5.74, 6) is 1.75. The molecular formula is C20H31IN4O. The number of guanidine groups is 1. The summed E-state index contributed by atoms with van der Waals surface area (Å²) in [4.78, 5) is 4.31. The van der Waals surface area contributed by atoms with Crippen molar-refractivity contribution in [2.24, 2.45) is 4.99 Å². The van der Waals surface area contributed by atoms with Crippen molar-refractivity contribution in [2.45, 2.75) is 53.5 Å². The molecule has 1 heterocycles. The van der Waals surface area contributed by atoms with Crippen LogP contribution in [0.15, 0.2) is 27.7 Å². The Balaban J connectivity index is 0.00000338. The molecule has 1 aromatic carbocycles. The topological polar surface area (TPSA) is 62.5 Å². The zero-order valence-corrected chi connectivity index (χ0v) is 18.8. The molecule has 6 heteroatoms. The first-order valence-corrected chi connectivity index (χ1v) is 9.05. The van der Waals surface area contributed by atoms with E-state index in [0.717, 1.165) is 48.8 Å². The quantitative estimate of drug-likeness (QED) is 0.366. The van der Waals surface area contributed by atoms with E-state index in [9.17, 15) is 0 Å². The number of hydrogen-bond donors (Lipinski definition) is 2. The van der Waals surface area contributed by atoms with Gasteiger partial charge in [-0.15, -0.1) is 24.0 Å². The molecule has 0 bridgehead atoms. The van der Waals surface area contributed by atoms with Crippen molar-refractivity contribution in [3.05, 3.63) is 51.9 Å². The fraction of sp³-hybridized carbons (Fsp3) is 0.500. The summed E-state index contributed by atoms with van der Waals surface area (Å²) in [5.41, 5.74) is 6.15. The van der Waals surface area contributed by atoms with Crippen LogP contribution in [-0.2, 0) is 25.8 Å². The first-order valence-electron chi connectivity index (χ1n) is 9.05. The molecule has 0 aliphatic carbocycles. The molecule has 0 aliphatic heterocycles. The lowest BCUT2D eigenvalue weighted by Crippen LogP contribution is -2.38. The van der Waals surface area contributed by atoms with Gasteiger partial charge in [0, 0.05) is 32.1 Å². The molecule has 26 heavy (non-hydrogen) atoms. The first kappa shape index (κ1) is 22.5. The smallest absolute Gasteiger partial charge is 0.191 e.